The van der Waals surface area contributed by atoms with E-state index in [4.69, 9.17) is 14.7 Å². The second-order valence-electron chi connectivity index (χ2n) is 5.43. The van der Waals surface area contributed by atoms with Crippen molar-refractivity contribution < 1.29 is 27.5 Å². The van der Waals surface area contributed by atoms with Crippen LogP contribution in [0, 0.1) is 6.92 Å². The van der Waals surface area contributed by atoms with Gasteiger partial charge in [-0.05, 0) is 18.9 Å². The average molecular weight is 366 g/mol. The molecule has 0 atom stereocenters. The van der Waals surface area contributed by atoms with Gasteiger partial charge < -0.3 is 14.4 Å². The number of carboxylic acid groups (broad SMARTS) is 1. The summed E-state index contributed by atoms with van der Waals surface area (Å²) in [5.74, 6) is -2.19. The fraction of sp³-hybridized carbons (Fsp3) is 0.250. The lowest BCUT2D eigenvalue weighted by atomic mass is 10.1. The molecule has 0 unspecified atom stereocenters. The van der Waals surface area contributed by atoms with Gasteiger partial charge in [-0.25, -0.2) is 13.6 Å². The molecule has 1 heterocycles. The Morgan fingerprint density at radius 3 is 2.40 bits per heavy atom. The Bertz CT molecular complexity index is 873. The molecule has 8 nitrogen and oxygen atoms in total. The third-order valence-electron chi connectivity index (χ3n) is 3.52. The molecule has 0 saturated heterocycles. The van der Waals surface area contributed by atoms with Crippen molar-refractivity contribution in [2.45, 2.75) is 18.2 Å². The van der Waals surface area contributed by atoms with Crippen LogP contribution in [0.15, 0.2) is 45.7 Å². The zero-order valence-electron chi connectivity index (χ0n) is 13.5. The molecule has 0 aliphatic rings. The van der Waals surface area contributed by atoms with Gasteiger partial charge >= 0.3 is 5.97 Å². The monoisotopic (exact) mass is 366 g/mol. The Morgan fingerprint density at radius 2 is 1.88 bits per heavy atom. The van der Waals surface area contributed by atoms with Gasteiger partial charge in [-0.2, -0.15) is 0 Å². The Morgan fingerprint density at radius 1 is 1.24 bits per heavy atom. The first kappa shape index (κ1) is 18.7. The predicted octanol–water partition coefficient (Wildman–Crippen LogP) is 1.00. The molecule has 0 fully saturated rings. The smallest absolute Gasteiger partial charge is 0.323 e. The van der Waals surface area contributed by atoms with Crippen molar-refractivity contribution in [2.75, 3.05) is 13.1 Å². The molecule has 0 spiro atoms. The van der Waals surface area contributed by atoms with E-state index in [0.29, 0.717) is 6.42 Å². The maximum atomic E-state index is 12.5. The van der Waals surface area contributed by atoms with Crippen LogP contribution < -0.4 is 5.14 Å². The fourth-order valence-electron chi connectivity index (χ4n) is 2.33. The number of furan rings is 1. The van der Waals surface area contributed by atoms with Crippen molar-refractivity contribution in [3.8, 4) is 0 Å². The molecule has 0 aliphatic heterocycles. The summed E-state index contributed by atoms with van der Waals surface area (Å²) in [6.45, 7) is 0.970. The van der Waals surface area contributed by atoms with Crippen LogP contribution in [0.1, 0.15) is 21.9 Å². The molecule has 2 rings (SSSR count). The van der Waals surface area contributed by atoms with Gasteiger partial charge in [0.1, 0.15) is 17.2 Å². The number of carboxylic acids is 1. The highest BCUT2D eigenvalue weighted by atomic mass is 32.2. The van der Waals surface area contributed by atoms with E-state index >= 15 is 0 Å². The molecule has 9 heteroatoms. The molecule has 3 N–H and O–H groups in total. The van der Waals surface area contributed by atoms with E-state index in [9.17, 15) is 18.0 Å². The lowest BCUT2D eigenvalue weighted by molar-refractivity contribution is -0.137. The van der Waals surface area contributed by atoms with Crippen molar-refractivity contribution in [3.05, 3.63) is 53.5 Å². The van der Waals surface area contributed by atoms with Crippen molar-refractivity contribution in [3.63, 3.8) is 0 Å². The summed E-state index contributed by atoms with van der Waals surface area (Å²) in [6.07, 6.45) is 0.446. The molecule has 1 aromatic carbocycles. The molecular formula is C16H18N2O6S. The van der Waals surface area contributed by atoms with Crippen LogP contribution in [0.25, 0.3) is 0 Å². The number of carbonyl (C=O) groups excluding carboxylic acids is 1. The molecule has 1 aromatic heterocycles. The number of hydrogen-bond acceptors (Lipinski definition) is 5. The van der Waals surface area contributed by atoms with Gasteiger partial charge in [0.2, 0.25) is 10.0 Å². The first-order chi connectivity index (χ1) is 11.7. The van der Waals surface area contributed by atoms with Crippen LogP contribution in [0.2, 0.25) is 0 Å². The topological polar surface area (TPSA) is 131 Å². The highest BCUT2D eigenvalue weighted by molar-refractivity contribution is 7.89. The Hall–Kier alpha value is -2.65. The van der Waals surface area contributed by atoms with E-state index in [0.717, 1.165) is 16.5 Å². The molecule has 134 valence electrons. The third-order valence-corrected chi connectivity index (χ3v) is 4.53. The molecule has 1 amide bonds. The van der Waals surface area contributed by atoms with E-state index in [1.54, 1.807) is 0 Å². The first-order valence-electron chi connectivity index (χ1n) is 7.36. The summed E-state index contributed by atoms with van der Waals surface area (Å²) in [5, 5.41) is 14.1. The summed E-state index contributed by atoms with van der Waals surface area (Å²) >= 11 is 0. The van der Waals surface area contributed by atoms with Gasteiger partial charge in [0, 0.05) is 12.6 Å². The standard InChI is InChI=1S/C16H18N2O6S/c1-11-14(25(17,22)23)9-13(24-11)16(21)18(10-15(19)20)8-7-12-5-3-2-4-6-12/h2-6,9H,7-8,10H2,1H3,(H,19,20)(H2,17,22,23). The Labute approximate surface area is 144 Å². The van der Waals surface area contributed by atoms with Gasteiger partial charge in [-0.1, -0.05) is 30.3 Å². The second-order valence-corrected chi connectivity index (χ2v) is 6.96. The number of hydrogen-bond donors (Lipinski definition) is 2. The predicted molar refractivity (Wildman–Crippen MR) is 88.5 cm³/mol. The summed E-state index contributed by atoms with van der Waals surface area (Å²) in [5.41, 5.74) is 0.937. The van der Waals surface area contributed by atoms with E-state index < -0.39 is 28.4 Å². The summed E-state index contributed by atoms with van der Waals surface area (Å²) in [6, 6.07) is 10.3. The average Bonchev–Trinajstić information content (AvgIpc) is 2.93. The normalized spacial score (nSPS) is 11.3. The number of carbonyl (C=O) groups is 2. The van der Waals surface area contributed by atoms with Gasteiger partial charge in [0.05, 0.1) is 0 Å². The van der Waals surface area contributed by atoms with Crippen molar-refractivity contribution in [1.29, 1.82) is 0 Å². The number of aryl methyl sites for hydroxylation is 1. The summed E-state index contributed by atoms with van der Waals surface area (Å²) < 4.78 is 28.1. The Balaban J connectivity index is 2.22. The van der Waals surface area contributed by atoms with Gasteiger partial charge in [-0.3, -0.25) is 9.59 Å². The molecule has 0 radical (unpaired) electrons. The maximum absolute atomic E-state index is 12.5. The maximum Gasteiger partial charge on any atom is 0.323 e. The zero-order valence-corrected chi connectivity index (χ0v) is 14.3. The van der Waals surface area contributed by atoms with Gasteiger partial charge in [0.15, 0.2) is 5.76 Å². The lowest BCUT2D eigenvalue weighted by Gasteiger charge is -2.19. The number of nitrogens with two attached hydrogens (primary N) is 1. The summed E-state index contributed by atoms with van der Waals surface area (Å²) in [7, 11) is -4.03. The fourth-order valence-corrected chi connectivity index (χ4v) is 3.05. The minimum atomic E-state index is -4.03. The van der Waals surface area contributed by atoms with Crippen LogP contribution >= 0.6 is 0 Å². The lowest BCUT2D eigenvalue weighted by Crippen LogP contribution is -2.37. The Kier molecular flexibility index (Phi) is 5.60. The number of benzene rings is 1. The van der Waals surface area contributed by atoms with Crippen LogP contribution in [-0.4, -0.2) is 43.4 Å². The highest BCUT2D eigenvalue weighted by Crippen LogP contribution is 2.20. The van der Waals surface area contributed by atoms with Crippen LogP contribution in [-0.2, 0) is 21.2 Å². The number of rotatable bonds is 7. The largest absolute Gasteiger partial charge is 0.480 e. The number of sulfonamides is 1. The van der Waals surface area contributed by atoms with Gasteiger partial charge in [-0.15, -0.1) is 0 Å². The van der Waals surface area contributed by atoms with E-state index in [2.05, 4.69) is 0 Å². The highest BCUT2D eigenvalue weighted by Gasteiger charge is 2.25. The number of nitrogens with zero attached hydrogens (tertiary/aromatic N) is 1. The molecule has 0 bridgehead atoms. The number of primary sulfonamides is 1. The van der Waals surface area contributed by atoms with Crippen molar-refractivity contribution >= 4 is 21.9 Å². The van der Waals surface area contributed by atoms with Crippen LogP contribution in [0.4, 0.5) is 0 Å². The van der Waals surface area contributed by atoms with E-state index in [1.807, 2.05) is 30.3 Å². The van der Waals surface area contributed by atoms with Crippen LogP contribution in [0.3, 0.4) is 0 Å². The zero-order chi connectivity index (χ0) is 18.6. The number of aliphatic carboxylic acids is 1. The van der Waals surface area contributed by atoms with Crippen molar-refractivity contribution in [1.82, 2.24) is 4.90 Å². The third kappa shape index (κ3) is 4.91. The SMILES string of the molecule is Cc1oc(C(=O)N(CCc2ccccc2)CC(=O)O)cc1S(N)(=O)=O. The molecular weight excluding hydrogens is 348 g/mol. The van der Waals surface area contributed by atoms with Crippen molar-refractivity contribution in [2.24, 2.45) is 5.14 Å². The second kappa shape index (κ2) is 7.49. The number of amides is 1. The van der Waals surface area contributed by atoms with E-state index in [-0.39, 0.29) is 23.0 Å². The minimum Gasteiger partial charge on any atom is -0.480 e. The first-order valence-corrected chi connectivity index (χ1v) is 8.91. The molecule has 2 aromatic rings. The molecule has 0 aliphatic carbocycles. The van der Waals surface area contributed by atoms with Gasteiger partial charge in [0.25, 0.3) is 5.91 Å². The summed E-state index contributed by atoms with van der Waals surface area (Å²) in [4.78, 5) is 24.4. The molecule has 25 heavy (non-hydrogen) atoms. The quantitative estimate of drug-likeness (QED) is 0.752. The van der Waals surface area contributed by atoms with E-state index in [1.165, 1.54) is 6.92 Å². The van der Waals surface area contributed by atoms with Crippen LogP contribution in [0.5, 0.6) is 0 Å². The minimum absolute atomic E-state index is 0.0239. The molecule has 0 saturated carbocycles.